The summed E-state index contributed by atoms with van der Waals surface area (Å²) in [6.07, 6.45) is -5.45. The minimum atomic E-state index is -4.12. The average Bonchev–Trinajstić information content (AvgIpc) is 2.26. The third-order valence-corrected chi connectivity index (χ3v) is 3.62. The van der Waals surface area contributed by atoms with Gasteiger partial charge in [0.1, 0.15) is 0 Å². The van der Waals surface area contributed by atoms with Crippen molar-refractivity contribution in [3.63, 3.8) is 0 Å². The molecule has 1 rings (SSSR count). The Morgan fingerprint density at radius 1 is 1.22 bits per heavy atom. The van der Waals surface area contributed by atoms with E-state index < -0.39 is 18.7 Å². The monoisotopic (exact) mass is 278 g/mol. The van der Waals surface area contributed by atoms with Crippen LogP contribution in [0.25, 0.3) is 0 Å². The molecule has 0 aliphatic rings. The van der Waals surface area contributed by atoms with E-state index in [1.54, 1.807) is 0 Å². The second-order valence-electron chi connectivity index (χ2n) is 4.29. The molecule has 102 valence electrons. The molecule has 0 saturated carbocycles. The molecule has 1 nitrogen and oxygen atoms in total. The van der Waals surface area contributed by atoms with Gasteiger partial charge in [-0.05, 0) is 31.9 Å². The van der Waals surface area contributed by atoms with Crippen LogP contribution < -0.4 is 0 Å². The number of aryl methyl sites for hydroxylation is 1. The molecule has 0 fully saturated rings. The standard InChI is InChI=1S/C13H17F3OS/c1-10-4-6-12(7-5-10)18-9-11(17)3-2-8-13(14,15)16/h4-7,11,17H,2-3,8-9H2,1H3. The zero-order valence-electron chi connectivity index (χ0n) is 10.2. The van der Waals surface area contributed by atoms with Gasteiger partial charge in [-0.1, -0.05) is 17.7 Å². The lowest BCUT2D eigenvalue weighted by molar-refractivity contribution is -0.136. The van der Waals surface area contributed by atoms with Crippen LogP contribution in [0.3, 0.4) is 0 Å². The summed E-state index contributed by atoms with van der Waals surface area (Å²) in [7, 11) is 0. The Hall–Kier alpha value is -0.680. The minimum Gasteiger partial charge on any atom is -0.392 e. The van der Waals surface area contributed by atoms with Crippen LogP contribution in [0.2, 0.25) is 0 Å². The van der Waals surface area contributed by atoms with Gasteiger partial charge in [0.15, 0.2) is 0 Å². The highest BCUT2D eigenvalue weighted by atomic mass is 32.2. The molecule has 0 amide bonds. The largest absolute Gasteiger partial charge is 0.392 e. The second-order valence-corrected chi connectivity index (χ2v) is 5.38. The Kier molecular flexibility index (Phi) is 6.02. The summed E-state index contributed by atoms with van der Waals surface area (Å²) in [6.45, 7) is 1.99. The van der Waals surface area contributed by atoms with Gasteiger partial charge >= 0.3 is 6.18 Å². The van der Waals surface area contributed by atoms with Crippen LogP contribution in [-0.2, 0) is 0 Å². The molecular formula is C13H17F3OS. The maximum Gasteiger partial charge on any atom is 0.389 e. The molecule has 0 aromatic heterocycles. The van der Waals surface area contributed by atoms with E-state index in [0.717, 1.165) is 10.5 Å². The topological polar surface area (TPSA) is 20.2 Å². The lowest BCUT2D eigenvalue weighted by Crippen LogP contribution is -2.13. The summed E-state index contributed by atoms with van der Waals surface area (Å²) in [4.78, 5) is 1.02. The number of alkyl halides is 3. The Morgan fingerprint density at radius 2 is 1.83 bits per heavy atom. The van der Waals surface area contributed by atoms with E-state index in [4.69, 9.17) is 0 Å². The molecule has 0 aliphatic carbocycles. The SMILES string of the molecule is Cc1ccc(SCC(O)CCCC(F)(F)F)cc1. The second kappa shape index (κ2) is 7.04. The first-order valence-corrected chi connectivity index (χ1v) is 6.79. The number of halogens is 3. The molecule has 0 heterocycles. The van der Waals surface area contributed by atoms with Crippen LogP contribution in [0.5, 0.6) is 0 Å². The molecule has 1 N–H and O–H groups in total. The van der Waals surface area contributed by atoms with Gasteiger partial charge in [0.25, 0.3) is 0 Å². The molecular weight excluding hydrogens is 261 g/mol. The highest BCUT2D eigenvalue weighted by Gasteiger charge is 2.26. The first-order valence-electron chi connectivity index (χ1n) is 5.81. The van der Waals surface area contributed by atoms with E-state index >= 15 is 0 Å². The van der Waals surface area contributed by atoms with Crippen LogP contribution in [-0.4, -0.2) is 23.1 Å². The summed E-state index contributed by atoms with van der Waals surface area (Å²) >= 11 is 1.46. The van der Waals surface area contributed by atoms with Crippen molar-refractivity contribution in [3.05, 3.63) is 29.8 Å². The third-order valence-electron chi connectivity index (χ3n) is 2.46. The highest BCUT2D eigenvalue weighted by molar-refractivity contribution is 7.99. The first-order chi connectivity index (χ1) is 8.37. The number of benzene rings is 1. The van der Waals surface area contributed by atoms with Crippen molar-refractivity contribution in [2.45, 2.75) is 43.4 Å². The summed E-state index contributed by atoms with van der Waals surface area (Å²) in [5.41, 5.74) is 1.16. The summed E-state index contributed by atoms with van der Waals surface area (Å²) in [6, 6.07) is 7.83. The molecule has 1 aromatic carbocycles. The Labute approximate surface area is 109 Å². The van der Waals surface area contributed by atoms with E-state index in [-0.39, 0.29) is 12.8 Å². The van der Waals surface area contributed by atoms with Gasteiger partial charge in [-0.15, -0.1) is 11.8 Å². The predicted molar refractivity (Wildman–Crippen MR) is 67.8 cm³/mol. The predicted octanol–water partition coefficient (Wildman–Crippen LogP) is 4.18. The van der Waals surface area contributed by atoms with E-state index in [2.05, 4.69) is 0 Å². The number of aliphatic hydroxyl groups excluding tert-OH is 1. The number of hydrogen-bond acceptors (Lipinski definition) is 2. The normalized spacial score (nSPS) is 13.6. The van der Waals surface area contributed by atoms with Gasteiger partial charge in [-0.2, -0.15) is 13.2 Å². The lowest BCUT2D eigenvalue weighted by Gasteiger charge is -2.11. The van der Waals surface area contributed by atoms with Crippen LogP contribution >= 0.6 is 11.8 Å². The fraction of sp³-hybridized carbons (Fsp3) is 0.538. The Bertz CT molecular complexity index is 348. The van der Waals surface area contributed by atoms with Crippen LogP contribution in [0.15, 0.2) is 29.2 Å². The molecule has 1 atom stereocenters. The third kappa shape index (κ3) is 6.91. The van der Waals surface area contributed by atoms with Gasteiger partial charge in [-0.3, -0.25) is 0 Å². The van der Waals surface area contributed by atoms with Gasteiger partial charge in [0.2, 0.25) is 0 Å². The van der Waals surface area contributed by atoms with Gasteiger partial charge in [0.05, 0.1) is 6.10 Å². The van der Waals surface area contributed by atoms with E-state index in [0.29, 0.717) is 5.75 Å². The van der Waals surface area contributed by atoms with Crippen molar-refractivity contribution >= 4 is 11.8 Å². The maximum atomic E-state index is 11.9. The summed E-state index contributed by atoms with van der Waals surface area (Å²) in [5, 5.41) is 9.57. The van der Waals surface area contributed by atoms with Crippen molar-refractivity contribution in [1.29, 1.82) is 0 Å². The van der Waals surface area contributed by atoms with Crippen molar-refractivity contribution in [3.8, 4) is 0 Å². The van der Waals surface area contributed by atoms with E-state index in [9.17, 15) is 18.3 Å². The molecule has 1 aromatic rings. The summed E-state index contributed by atoms with van der Waals surface area (Å²) < 4.78 is 35.7. The molecule has 0 aliphatic heterocycles. The van der Waals surface area contributed by atoms with E-state index in [1.165, 1.54) is 11.8 Å². The molecule has 0 spiro atoms. The number of thioether (sulfide) groups is 1. The molecule has 0 bridgehead atoms. The van der Waals surface area contributed by atoms with Crippen molar-refractivity contribution in [2.75, 3.05) is 5.75 Å². The minimum absolute atomic E-state index is 0.0148. The fourth-order valence-corrected chi connectivity index (χ4v) is 2.33. The Balaban J connectivity index is 2.21. The van der Waals surface area contributed by atoms with Crippen LogP contribution in [0, 0.1) is 6.92 Å². The van der Waals surface area contributed by atoms with Crippen molar-refractivity contribution < 1.29 is 18.3 Å². The Morgan fingerprint density at radius 3 is 2.39 bits per heavy atom. The smallest absolute Gasteiger partial charge is 0.389 e. The first kappa shape index (κ1) is 15.4. The van der Waals surface area contributed by atoms with Gasteiger partial charge in [0, 0.05) is 17.1 Å². The van der Waals surface area contributed by atoms with Gasteiger partial charge < -0.3 is 5.11 Å². The zero-order chi connectivity index (χ0) is 13.6. The van der Waals surface area contributed by atoms with Crippen molar-refractivity contribution in [2.24, 2.45) is 0 Å². The van der Waals surface area contributed by atoms with Crippen LogP contribution in [0.1, 0.15) is 24.8 Å². The highest BCUT2D eigenvalue weighted by Crippen LogP contribution is 2.24. The molecule has 0 saturated heterocycles. The van der Waals surface area contributed by atoms with Crippen molar-refractivity contribution in [1.82, 2.24) is 0 Å². The quantitative estimate of drug-likeness (QED) is 0.788. The number of hydrogen-bond donors (Lipinski definition) is 1. The maximum absolute atomic E-state index is 11.9. The van der Waals surface area contributed by atoms with E-state index in [1.807, 2.05) is 31.2 Å². The molecule has 1 unspecified atom stereocenters. The fourth-order valence-electron chi connectivity index (χ4n) is 1.45. The molecule has 0 radical (unpaired) electrons. The zero-order valence-corrected chi connectivity index (χ0v) is 11.0. The number of aliphatic hydroxyl groups is 1. The van der Waals surface area contributed by atoms with Crippen LogP contribution in [0.4, 0.5) is 13.2 Å². The summed E-state index contributed by atoms with van der Waals surface area (Å²) in [5.74, 6) is 0.431. The lowest BCUT2D eigenvalue weighted by atomic mass is 10.2. The molecule has 18 heavy (non-hydrogen) atoms. The van der Waals surface area contributed by atoms with Gasteiger partial charge in [-0.25, -0.2) is 0 Å². The molecule has 5 heteroatoms. The average molecular weight is 278 g/mol. The number of rotatable bonds is 6.